The van der Waals surface area contributed by atoms with E-state index < -0.39 is 0 Å². The first-order valence-corrected chi connectivity index (χ1v) is 7.67. The van der Waals surface area contributed by atoms with Crippen molar-refractivity contribution in [2.45, 2.75) is 45.4 Å². The Kier molecular flexibility index (Phi) is 6.27. The van der Waals surface area contributed by atoms with Crippen molar-refractivity contribution in [3.8, 4) is 0 Å². The second-order valence-electron chi connectivity index (χ2n) is 5.25. The quantitative estimate of drug-likeness (QED) is 0.805. The summed E-state index contributed by atoms with van der Waals surface area (Å²) >= 11 is 5.11. The Morgan fingerprint density at radius 1 is 1.33 bits per heavy atom. The predicted molar refractivity (Wildman–Crippen MR) is 80.1 cm³/mol. The normalized spacial score (nSPS) is 15.7. The maximum absolute atomic E-state index is 5.97. The van der Waals surface area contributed by atoms with E-state index in [1.165, 1.54) is 0 Å². The molecule has 1 rings (SSSR count). The van der Waals surface area contributed by atoms with Gasteiger partial charge < -0.3 is 15.2 Å². The number of nitrogens with two attached hydrogens (primary N) is 1. The third-order valence-electron chi connectivity index (χ3n) is 2.27. The van der Waals surface area contributed by atoms with Crippen LogP contribution in [0.3, 0.4) is 0 Å². The van der Waals surface area contributed by atoms with Crippen molar-refractivity contribution in [1.82, 2.24) is 0 Å². The Labute approximate surface area is 122 Å². The third-order valence-corrected chi connectivity index (χ3v) is 3.95. The zero-order valence-corrected chi connectivity index (χ0v) is 13.8. The molecule has 0 saturated carbocycles. The van der Waals surface area contributed by atoms with Crippen LogP contribution in [0, 0.1) is 0 Å². The summed E-state index contributed by atoms with van der Waals surface area (Å²) < 4.78 is 12.6. The molecule has 0 aliphatic rings. The molecule has 1 heterocycles. The Morgan fingerprint density at radius 3 is 2.44 bits per heavy atom. The second-order valence-corrected chi connectivity index (χ2v) is 7.75. The molecule has 2 N–H and O–H groups in total. The lowest BCUT2D eigenvalue weighted by Crippen LogP contribution is -2.28. The number of hydrogen-bond donors (Lipinski definition) is 1. The van der Waals surface area contributed by atoms with Gasteiger partial charge in [-0.25, -0.2) is 0 Å². The predicted octanol–water partition coefficient (Wildman–Crippen LogP) is 3.73. The third kappa shape index (κ3) is 5.80. The summed E-state index contributed by atoms with van der Waals surface area (Å²) in [5.41, 5.74) is 5.85. The highest BCUT2D eigenvalue weighted by molar-refractivity contribution is 9.11. The molecule has 0 spiro atoms. The van der Waals surface area contributed by atoms with Gasteiger partial charge in [-0.2, -0.15) is 0 Å². The monoisotopic (exact) mass is 335 g/mol. The van der Waals surface area contributed by atoms with E-state index in [-0.39, 0.29) is 17.7 Å². The molecular formula is C13H22BrNO2S. The molecule has 0 saturated heterocycles. The lowest BCUT2D eigenvalue weighted by molar-refractivity contribution is -0.0551. The van der Waals surface area contributed by atoms with E-state index in [0.717, 1.165) is 8.66 Å². The fraction of sp³-hybridized carbons (Fsp3) is 0.692. The van der Waals surface area contributed by atoms with Gasteiger partial charge in [-0.3, -0.25) is 0 Å². The minimum Gasteiger partial charge on any atom is -0.373 e. The SMILES string of the molecule is CC(N)C(OCCOC(C)(C)C)c1ccc(Br)s1. The second kappa shape index (κ2) is 7.01. The summed E-state index contributed by atoms with van der Waals surface area (Å²) in [7, 11) is 0. The van der Waals surface area contributed by atoms with E-state index in [1.54, 1.807) is 11.3 Å². The minimum absolute atomic E-state index is 0.0369. The first-order chi connectivity index (χ1) is 8.29. The van der Waals surface area contributed by atoms with Crippen molar-refractivity contribution in [3.05, 3.63) is 20.8 Å². The highest BCUT2D eigenvalue weighted by Crippen LogP contribution is 2.30. The van der Waals surface area contributed by atoms with Gasteiger partial charge in [-0.1, -0.05) is 0 Å². The molecule has 2 unspecified atom stereocenters. The molecule has 0 aromatic carbocycles. The molecule has 0 aliphatic heterocycles. The van der Waals surface area contributed by atoms with Gasteiger partial charge in [0, 0.05) is 10.9 Å². The number of rotatable bonds is 6. The molecule has 0 fully saturated rings. The topological polar surface area (TPSA) is 44.5 Å². The van der Waals surface area contributed by atoms with Crippen LogP contribution < -0.4 is 5.73 Å². The number of ether oxygens (including phenoxy) is 2. The molecule has 0 amide bonds. The van der Waals surface area contributed by atoms with E-state index >= 15 is 0 Å². The molecule has 1 aromatic heterocycles. The van der Waals surface area contributed by atoms with E-state index in [4.69, 9.17) is 15.2 Å². The maximum atomic E-state index is 5.97. The zero-order valence-electron chi connectivity index (χ0n) is 11.4. The zero-order chi connectivity index (χ0) is 13.8. The standard InChI is InChI=1S/C13H22BrNO2S/c1-9(15)12(10-5-6-11(14)18-10)16-7-8-17-13(2,3)4/h5-6,9,12H,7-8,15H2,1-4H3. The molecule has 5 heteroatoms. The summed E-state index contributed by atoms with van der Waals surface area (Å²) in [4.78, 5) is 1.15. The van der Waals surface area contributed by atoms with Crippen molar-refractivity contribution < 1.29 is 9.47 Å². The maximum Gasteiger partial charge on any atom is 0.107 e. The summed E-state index contributed by atoms with van der Waals surface area (Å²) in [6.45, 7) is 9.20. The van der Waals surface area contributed by atoms with Crippen LogP contribution in [0.5, 0.6) is 0 Å². The highest BCUT2D eigenvalue weighted by Gasteiger charge is 2.19. The van der Waals surface area contributed by atoms with E-state index in [1.807, 2.05) is 39.8 Å². The van der Waals surface area contributed by atoms with Gasteiger partial charge in [0.15, 0.2) is 0 Å². The molecule has 1 aromatic rings. The van der Waals surface area contributed by atoms with Crippen LogP contribution in [-0.2, 0) is 9.47 Å². The van der Waals surface area contributed by atoms with Crippen molar-refractivity contribution in [1.29, 1.82) is 0 Å². The average Bonchev–Trinajstić information content (AvgIpc) is 2.62. The summed E-state index contributed by atoms with van der Waals surface area (Å²) in [5, 5.41) is 0. The molecule has 104 valence electrons. The summed E-state index contributed by atoms with van der Waals surface area (Å²) in [5.74, 6) is 0. The fourth-order valence-corrected chi connectivity index (χ4v) is 3.09. The van der Waals surface area contributed by atoms with Crippen molar-refractivity contribution in [2.75, 3.05) is 13.2 Å². The molecule has 18 heavy (non-hydrogen) atoms. The molecule has 3 nitrogen and oxygen atoms in total. The van der Waals surface area contributed by atoms with Crippen LogP contribution in [0.4, 0.5) is 0 Å². The van der Waals surface area contributed by atoms with Crippen LogP contribution in [0.15, 0.2) is 15.9 Å². The first kappa shape index (κ1) is 16.1. The lowest BCUT2D eigenvalue weighted by atomic mass is 10.1. The van der Waals surface area contributed by atoms with Crippen LogP contribution >= 0.6 is 27.3 Å². The Hall–Kier alpha value is 0.0600. The van der Waals surface area contributed by atoms with E-state index in [2.05, 4.69) is 15.9 Å². The Bertz CT molecular complexity index is 360. The smallest absolute Gasteiger partial charge is 0.107 e. The molecular weight excluding hydrogens is 314 g/mol. The number of hydrogen-bond acceptors (Lipinski definition) is 4. The van der Waals surface area contributed by atoms with E-state index in [0.29, 0.717) is 13.2 Å². The van der Waals surface area contributed by atoms with Crippen molar-refractivity contribution in [3.63, 3.8) is 0 Å². The largest absolute Gasteiger partial charge is 0.373 e. The molecule has 0 radical (unpaired) electrons. The van der Waals surface area contributed by atoms with Crippen LogP contribution in [0.1, 0.15) is 38.7 Å². The summed E-state index contributed by atoms with van der Waals surface area (Å²) in [6, 6.07) is 4.03. The number of halogens is 1. The van der Waals surface area contributed by atoms with Gasteiger partial charge in [0.05, 0.1) is 22.6 Å². The number of thiophene rings is 1. The van der Waals surface area contributed by atoms with Gasteiger partial charge in [-0.15, -0.1) is 11.3 Å². The van der Waals surface area contributed by atoms with Gasteiger partial charge >= 0.3 is 0 Å². The Morgan fingerprint density at radius 2 is 2.00 bits per heavy atom. The van der Waals surface area contributed by atoms with E-state index in [9.17, 15) is 0 Å². The van der Waals surface area contributed by atoms with Crippen LogP contribution in [0.2, 0.25) is 0 Å². The van der Waals surface area contributed by atoms with Gasteiger partial charge in [0.1, 0.15) is 6.10 Å². The van der Waals surface area contributed by atoms with Gasteiger partial charge in [0.25, 0.3) is 0 Å². The average molecular weight is 336 g/mol. The lowest BCUT2D eigenvalue weighted by Gasteiger charge is -2.23. The fourth-order valence-electron chi connectivity index (χ4n) is 1.50. The Balaban J connectivity index is 2.45. The minimum atomic E-state index is -0.126. The summed E-state index contributed by atoms with van der Waals surface area (Å²) in [6.07, 6.45) is -0.0649. The van der Waals surface area contributed by atoms with Crippen molar-refractivity contribution in [2.24, 2.45) is 5.73 Å². The van der Waals surface area contributed by atoms with Gasteiger partial charge in [-0.05, 0) is 55.8 Å². The molecule has 0 bridgehead atoms. The van der Waals surface area contributed by atoms with Crippen molar-refractivity contribution >= 4 is 27.3 Å². The molecule has 2 atom stereocenters. The molecule has 0 aliphatic carbocycles. The van der Waals surface area contributed by atoms with Crippen LogP contribution in [0.25, 0.3) is 0 Å². The van der Waals surface area contributed by atoms with Crippen LogP contribution in [-0.4, -0.2) is 24.9 Å². The first-order valence-electron chi connectivity index (χ1n) is 6.06. The van der Waals surface area contributed by atoms with Gasteiger partial charge in [0.2, 0.25) is 0 Å². The highest BCUT2D eigenvalue weighted by atomic mass is 79.9.